The Morgan fingerprint density at radius 2 is 1.92 bits per heavy atom. The van der Waals surface area contributed by atoms with Gasteiger partial charge in [-0.25, -0.2) is 0 Å². The lowest BCUT2D eigenvalue weighted by molar-refractivity contribution is -0.137. The minimum Gasteiger partial charge on any atom is -0.495 e. The van der Waals surface area contributed by atoms with E-state index in [9.17, 15) is 18.0 Å². The number of hydrogen-bond donors (Lipinski definition) is 2. The van der Waals surface area contributed by atoms with Crippen molar-refractivity contribution >= 4 is 28.9 Å². The van der Waals surface area contributed by atoms with Crippen LogP contribution in [-0.2, 0) is 11.0 Å². The van der Waals surface area contributed by atoms with Gasteiger partial charge >= 0.3 is 6.18 Å². The molecule has 0 aliphatic carbocycles. The second kappa shape index (κ2) is 7.44. The predicted octanol–water partition coefficient (Wildman–Crippen LogP) is 4.42. The number of rotatable bonds is 5. The smallest absolute Gasteiger partial charge is 0.416 e. The van der Waals surface area contributed by atoms with Crippen LogP contribution in [0.1, 0.15) is 5.56 Å². The second-order valence-corrected chi connectivity index (χ2v) is 5.24. The first-order valence-electron chi connectivity index (χ1n) is 6.84. The summed E-state index contributed by atoms with van der Waals surface area (Å²) < 4.78 is 42.9. The third-order valence-corrected chi connectivity index (χ3v) is 3.37. The quantitative estimate of drug-likeness (QED) is 0.832. The number of carbonyl (C=O) groups excluding carboxylic acids is 1. The van der Waals surface area contributed by atoms with Crippen molar-refractivity contribution in [1.29, 1.82) is 0 Å². The van der Waals surface area contributed by atoms with Crippen LogP contribution < -0.4 is 15.4 Å². The van der Waals surface area contributed by atoms with Crippen LogP contribution in [0.4, 0.5) is 24.5 Å². The van der Waals surface area contributed by atoms with E-state index in [1.165, 1.54) is 19.2 Å². The highest BCUT2D eigenvalue weighted by molar-refractivity contribution is 6.32. The van der Waals surface area contributed by atoms with Gasteiger partial charge in [-0.15, -0.1) is 0 Å². The largest absolute Gasteiger partial charge is 0.495 e. The molecule has 24 heavy (non-hydrogen) atoms. The molecule has 128 valence electrons. The third-order valence-electron chi connectivity index (χ3n) is 3.08. The van der Waals surface area contributed by atoms with E-state index in [2.05, 4.69) is 10.6 Å². The Morgan fingerprint density at radius 1 is 1.17 bits per heavy atom. The normalized spacial score (nSPS) is 11.0. The molecule has 8 heteroatoms. The molecule has 0 atom stereocenters. The molecule has 0 heterocycles. The molecular weight excluding hydrogens is 345 g/mol. The molecule has 0 spiro atoms. The van der Waals surface area contributed by atoms with Crippen LogP contribution in [0.2, 0.25) is 5.02 Å². The summed E-state index contributed by atoms with van der Waals surface area (Å²) in [6.07, 6.45) is -4.46. The van der Waals surface area contributed by atoms with Gasteiger partial charge in [0, 0.05) is 11.4 Å². The zero-order valence-corrected chi connectivity index (χ0v) is 13.3. The Balaban J connectivity index is 1.95. The maximum atomic E-state index is 12.6. The first-order valence-corrected chi connectivity index (χ1v) is 7.22. The Kier molecular flexibility index (Phi) is 5.56. The summed E-state index contributed by atoms with van der Waals surface area (Å²) in [7, 11) is 1.48. The van der Waals surface area contributed by atoms with Gasteiger partial charge in [0.25, 0.3) is 0 Å². The zero-order valence-electron chi connectivity index (χ0n) is 12.6. The van der Waals surface area contributed by atoms with E-state index in [1.54, 1.807) is 18.2 Å². The van der Waals surface area contributed by atoms with Crippen LogP contribution in [0.3, 0.4) is 0 Å². The first-order chi connectivity index (χ1) is 11.3. The molecule has 2 aromatic rings. The van der Waals surface area contributed by atoms with Gasteiger partial charge in [-0.1, -0.05) is 17.7 Å². The molecule has 4 nitrogen and oxygen atoms in total. The van der Waals surface area contributed by atoms with Crippen molar-refractivity contribution in [2.24, 2.45) is 0 Å². The highest BCUT2D eigenvalue weighted by atomic mass is 35.5. The van der Waals surface area contributed by atoms with Crippen molar-refractivity contribution in [2.75, 3.05) is 24.3 Å². The van der Waals surface area contributed by atoms with Gasteiger partial charge in [0.15, 0.2) is 0 Å². The molecular formula is C16H14ClF3N2O2. The van der Waals surface area contributed by atoms with Gasteiger partial charge in [-0.2, -0.15) is 13.2 Å². The lowest BCUT2D eigenvalue weighted by Crippen LogP contribution is -2.22. The predicted molar refractivity (Wildman–Crippen MR) is 86.6 cm³/mol. The van der Waals surface area contributed by atoms with Gasteiger partial charge in [-0.05, 0) is 36.4 Å². The fourth-order valence-electron chi connectivity index (χ4n) is 1.94. The topological polar surface area (TPSA) is 50.4 Å². The van der Waals surface area contributed by atoms with E-state index < -0.39 is 17.6 Å². The first kappa shape index (κ1) is 17.9. The molecule has 0 saturated heterocycles. The van der Waals surface area contributed by atoms with Crippen molar-refractivity contribution in [3.05, 3.63) is 53.1 Å². The SMILES string of the molecule is COc1ccc(NCC(=O)Nc2cccc(C(F)(F)F)c2)cc1Cl. The number of nitrogens with one attached hydrogen (secondary N) is 2. The van der Waals surface area contributed by atoms with Crippen LogP contribution in [-0.4, -0.2) is 19.6 Å². The second-order valence-electron chi connectivity index (χ2n) is 4.83. The molecule has 0 radical (unpaired) electrons. The highest BCUT2D eigenvalue weighted by Gasteiger charge is 2.30. The van der Waals surface area contributed by atoms with Crippen LogP contribution >= 0.6 is 11.6 Å². The summed E-state index contributed by atoms with van der Waals surface area (Å²) in [5.74, 6) is 0.0110. The molecule has 0 bridgehead atoms. The number of ether oxygens (including phenoxy) is 1. The minimum absolute atomic E-state index is 0.0735. The lowest BCUT2D eigenvalue weighted by Gasteiger charge is -2.11. The standard InChI is InChI=1S/C16H14ClF3N2O2/c1-24-14-6-5-11(8-13(14)17)21-9-15(23)22-12-4-2-3-10(7-12)16(18,19)20/h2-8,21H,9H2,1H3,(H,22,23). The Hall–Kier alpha value is -2.41. The molecule has 1 amide bonds. The van der Waals surface area contributed by atoms with Crippen LogP contribution in [0.25, 0.3) is 0 Å². The summed E-state index contributed by atoms with van der Waals surface area (Å²) in [6, 6.07) is 9.32. The number of anilines is 2. The molecule has 0 aliphatic heterocycles. The Morgan fingerprint density at radius 3 is 2.54 bits per heavy atom. The van der Waals surface area contributed by atoms with Gasteiger partial charge in [-0.3, -0.25) is 4.79 Å². The summed E-state index contributed by atoms with van der Waals surface area (Å²) in [6.45, 7) is -0.126. The van der Waals surface area contributed by atoms with Gasteiger partial charge in [0.1, 0.15) is 5.75 Å². The van der Waals surface area contributed by atoms with Crippen molar-refractivity contribution in [3.63, 3.8) is 0 Å². The van der Waals surface area contributed by atoms with E-state index in [-0.39, 0.29) is 12.2 Å². The third kappa shape index (κ3) is 4.79. The fraction of sp³-hybridized carbons (Fsp3) is 0.188. The van der Waals surface area contributed by atoms with Crippen molar-refractivity contribution < 1.29 is 22.7 Å². The summed E-state index contributed by atoms with van der Waals surface area (Å²) in [5.41, 5.74) is -0.167. The number of benzene rings is 2. The molecule has 0 fully saturated rings. The number of methoxy groups -OCH3 is 1. The monoisotopic (exact) mass is 358 g/mol. The maximum absolute atomic E-state index is 12.6. The molecule has 2 aromatic carbocycles. The van der Waals surface area contributed by atoms with E-state index in [1.807, 2.05) is 0 Å². The Bertz CT molecular complexity index is 736. The average Bonchev–Trinajstić information content (AvgIpc) is 2.52. The molecule has 0 aromatic heterocycles. The number of amides is 1. The van der Waals surface area contributed by atoms with E-state index in [0.29, 0.717) is 16.5 Å². The van der Waals surface area contributed by atoms with E-state index >= 15 is 0 Å². The van der Waals surface area contributed by atoms with Gasteiger partial charge in [0.2, 0.25) is 5.91 Å². The van der Waals surface area contributed by atoms with Crippen molar-refractivity contribution in [1.82, 2.24) is 0 Å². The van der Waals surface area contributed by atoms with Crippen LogP contribution in [0.15, 0.2) is 42.5 Å². The van der Waals surface area contributed by atoms with Crippen molar-refractivity contribution in [2.45, 2.75) is 6.18 Å². The zero-order chi connectivity index (χ0) is 17.7. The van der Waals surface area contributed by atoms with Crippen molar-refractivity contribution in [3.8, 4) is 5.75 Å². The molecule has 0 unspecified atom stereocenters. The average molecular weight is 359 g/mol. The molecule has 2 N–H and O–H groups in total. The number of halogens is 4. The summed E-state index contributed by atoms with van der Waals surface area (Å²) in [4.78, 5) is 11.8. The van der Waals surface area contributed by atoms with Crippen LogP contribution in [0, 0.1) is 0 Å². The van der Waals surface area contributed by atoms with Crippen LogP contribution in [0.5, 0.6) is 5.75 Å². The summed E-state index contributed by atoms with van der Waals surface area (Å²) >= 11 is 5.96. The molecule has 0 saturated carbocycles. The number of alkyl halides is 3. The van der Waals surface area contributed by atoms with Gasteiger partial charge in [0.05, 0.1) is 24.2 Å². The highest BCUT2D eigenvalue weighted by Crippen LogP contribution is 2.30. The Labute approximate surface area is 141 Å². The minimum atomic E-state index is -4.46. The lowest BCUT2D eigenvalue weighted by atomic mass is 10.2. The van der Waals surface area contributed by atoms with E-state index in [4.69, 9.17) is 16.3 Å². The maximum Gasteiger partial charge on any atom is 0.416 e. The molecule has 0 aliphatic rings. The number of carbonyl (C=O) groups is 1. The molecule has 2 rings (SSSR count). The van der Waals surface area contributed by atoms with E-state index in [0.717, 1.165) is 12.1 Å². The summed E-state index contributed by atoms with van der Waals surface area (Å²) in [5, 5.41) is 5.61. The fourth-order valence-corrected chi connectivity index (χ4v) is 2.19. The number of hydrogen-bond acceptors (Lipinski definition) is 3. The van der Waals surface area contributed by atoms with Gasteiger partial charge < -0.3 is 15.4 Å².